The molecule has 0 aliphatic heterocycles. The molecule has 0 fully saturated rings. The second-order valence-electron chi connectivity index (χ2n) is 5.99. The van der Waals surface area contributed by atoms with Crippen LogP contribution < -0.4 is 16.0 Å². The van der Waals surface area contributed by atoms with Crippen molar-refractivity contribution in [1.29, 1.82) is 0 Å². The molecule has 0 saturated heterocycles. The van der Waals surface area contributed by atoms with Crippen molar-refractivity contribution >= 4 is 5.96 Å². The van der Waals surface area contributed by atoms with Gasteiger partial charge in [-0.05, 0) is 34.6 Å². The molecular formula is C13H30N4O. The Bertz CT molecular complexity index is 256. The van der Waals surface area contributed by atoms with Crippen LogP contribution in [0.15, 0.2) is 4.99 Å². The van der Waals surface area contributed by atoms with E-state index in [-0.39, 0.29) is 11.1 Å². The third-order valence-corrected chi connectivity index (χ3v) is 2.53. The van der Waals surface area contributed by atoms with Crippen molar-refractivity contribution < 1.29 is 4.74 Å². The summed E-state index contributed by atoms with van der Waals surface area (Å²) in [6, 6.07) is 0. The predicted octanol–water partition coefficient (Wildman–Crippen LogP) is 0.965. The summed E-state index contributed by atoms with van der Waals surface area (Å²) in [7, 11) is 3.48. The highest BCUT2D eigenvalue weighted by molar-refractivity contribution is 5.79. The maximum Gasteiger partial charge on any atom is 0.191 e. The van der Waals surface area contributed by atoms with Crippen LogP contribution in [-0.2, 0) is 4.74 Å². The maximum atomic E-state index is 5.35. The molecule has 0 spiro atoms. The molecule has 0 unspecified atom stereocenters. The normalized spacial score (nSPS) is 13.6. The fraction of sp³-hybridized carbons (Fsp3) is 0.923. The van der Waals surface area contributed by atoms with Gasteiger partial charge in [0.2, 0.25) is 0 Å². The van der Waals surface area contributed by atoms with Crippen molar-refractivity contribution in [2.75, 3.05) is 33.8 Å². The molecule has 0 saturated carbocycles. The van der Waals surface area contributed by atoms with Crippen LogP contribution in [0.5, 0.6) is 0 Å². The van der Waals surface area contributed by atoms with Crippen LogP contribution >= 0.6 is 0 Å². The van der Waals surface area contributed by atoms with E-state index in [0.717, 1.165) is 25.6 Å². The number of rotatable bonds is 6. The summed E-state index contributed by atoms with van der Waals surface area (Å²) in [5.74, 6) is 0.802. The molecule has 0 aromatic carbocycles. The minimum absolute atomic E-state index is 0.149. The summed E-state index contributed by atoms with van der Waals surface area (Å²) in [6.45, 7) is 13.0. The largest absolute Gasteiger partial charge is 0.377 e. The van der Waals surface area contributed by atoms with Crippen LogP contribution in [0.1, 0.15) is 34.6 Å². The molecule has 0 aliphatic carbocycles. The Labute approximate surface area is 112 Å². The highest BCUT2D eigenvalue weighted by Gasteiger charge is 2.16. The highest BCUT2D eigenvalue weighted by atomic mass is 16.5. The van der Waals surface area contributed by atoms with E-state index >= 15 is 0 Å². The molecule has 0 radical (unpaired) electrons. The lowest BCUT2D eigenvalue weighted by Crippen LogP contribution is -2.48. The van der Waals surface area contributed by atoms with Gasteiger partial charge in [0.1, 0.15) is 0 Å². The summed E-state index contributed by atoms with van der Waals surface area (Å²) in [4.78, 5) is 4.17. The van der Waals surface area contributed by atoms with Gasteiger partial charge in [-0.3, -0.25) is 4.99 Å². The van der Waals surface area contributed by atoms with Crippen LogP contribution in [0.3, 0.4) is 0 Å². The molecule has 0 heterocycles. The molecular weight excluding hydrogens is 228 g/mol. The van der Waals surface area contributed by atoms with E-state index in [0.29, 0.717) is 0 Å². The third-order valence-electron chi connectivity index (χ3n) is 2.53. The first-order valence-corrected chi connectivity index (χ1v) is 6.45. The van der Waals surface area contributed by atoms with Crippen molar-refractivity contribution in [3.63, 3.8) is 0 Å². The molecule has 5 nitrogen and oxygen atoms in total. The topological polar surface area (TPSA) is 57.7 Å². The van der Waals surface area contributed by atoms with E-state index < -0.39 is 0 Å². The van der Waals surface area contributed by atoms with Gasteiger partial charge in [-0.1, -0.05) is 0 Å². The van der Waals surface area contributed by atoms with Gasteiger partial charge in [0, 0.05) is 39.3 Å². The van der Waals surface area contributed by atoms with Crippen molar-refractivity contribution in [3.8, 4) is 0 Å². The fourth-order valence-electron chi connectivity index (χ4n) is 1.21. The van der Waals surface area contributed by atoms with Gasteiger partial charge in [0.05, 0.1) is 5.60 Å². The Morgan fingerprint density at radius 1 is 1.06 bits per heavy atom. The standard InChI is InChI=1S/C13H30N4O/c1-12(2,3)17-9-8-15-11(14-6)16-10-13(4,5)18-7/h17H,8-10H2,1-7H3,(H2,14,15,16). The third kappa shape index (κ3) is 9.24. The van der Waals surface area contributed by atoms with E-state index in [1.165, 1.54) is 0 Å². The zero-order valence-electron chi connectivity index (χ0n) is 13.0. The smallest absolute Gasteiger partial charge is 0.191 e. The average Bonchev–Trinajstić information content (AvgIpc) is 2.27. The number of methoxy groups -OCH3 is 1. The minimum Gasteiger partial charge on any atom is -0.377 e. The summed E-state index contributed by atoms with van der Waals surface area (Å²) in [6.07, 6.45) is 0. The van der Waals surface area contributed by atoms with Crippen LogP contribution in [0.25, 0.3) is 0 Å². The van der Waals surface area contributed by atoms with E-state index in [2.05, 4.69) is 41.7 Å². The van der Waals surface area contributed by atoms with Gasteiger partial charge in [-0.15, -0.1) is 0 Å². The summed E-state index contributed by atoms with van der Waals surface area (Å²) in [5, 5.41) is 9.92. The van der Waals surface area contributed by atoms with Crippen LogP contribution in [-0.4, -0.2) is 50.9 Å². The quantitative estimate of drug-likeness (QED) is 0.377. The van der Waals surface area contributed by atoms with Crippen molar-refractivity contribution in [1.82, 2.24) is 16.0 Å². The van der Waals surface area contributed by atoms with Gasteiger partial charge >= 0.3 is 0 Å². The molecule has 0 aromatic rings. The minimum atomic E-state index is -0.193. The van der Waals surface area contributed by atoms with Crippen molar-refractivity contribution in [2.24, 2.45) is 4.99 Å². The van der Waals surface area contributed by atoms with E-state index in [4.69, 9.17) is 4.74 Å². The second-order valence-corrected chi connectivity index (χ2v) is 5.99. The monoisotopic (exact) mass is 258 g/mol. The van der Waals surface area contributed by atoms with E-state index in [9.17, 15) is 0 Å². The summed E-state index contributed by atoms with van der Waals surface area (Å²) in [5.41, 5.74) is -0.0437. The maximum absolute atomic E-state index is 5.35. The molecule has 18 heavy (non-hydrogen) atoms. The highest BCUT2D eigenvalue weighted by Crippen LogP contribution is 2.04. The number of hydrogen-bond acceptors (Lipinski definition) is 3. The zero-order valence-corrected chi connectivity index (χ0v) is 13.0. The Balaban J connectivity index is 3.86. The molecule has 0 rings (SSSR count). The van der Waals surface area contributed by atoms with Gasteiger partial charge < -0.3 is 20.7 Å². The SMILES string of the molecule is CN=C(NCCNC(C)(C)C)NCC(C)(C)OC. The first-order valence-electron chi connectivity index (χ1n) is 6.45. The lowest BCUT2D eigenvalue weighted by atomic mass is 10.1. The zero-order chi connectivity index (χ0) is 14.2. The predicted molar refractivity (Wildman–Crippen MR) is 78.2 cm³/mol. The fourth-order valence-corrected chi connectivity index (χ4v) is 1.21. The number of guanidine groups is 1. The van der Waals surface area contributed by atoms with Crippen molar-refractivity contribution in [2.45, 2.75) is 45.8 Å². The number of ether oxygens (including phenoxy) is 1. The Kier molecular flexibility index (Phi) is 7.25. The summed E-state index contributed by atoms with van der Waals surface area (Å²) < 4.78 is 5.35. The molecule has 0 aliphatic rings. The van der Waals surface area contributed by atoms with E-state index in [1.807, 2.05) is 13.8 Å². The molecule has 3 N–H and O–H groups in total. The Morgan fingerprint density at radius 2 is 1.67 bits per heavy atom. The van der Waals surface area contributed by atoms with Crippen LogP contribution in [0.2, 0.25) is 0 Å². The van der Waals surface area contributed by atoms with Gasteiger partial charge in [0.25, 0.3) is 0 Å². The number of nitrogens with one attached hydrogen (secondary N) is 3. The molecule has 0 bridgehead atoms. The Morgan fingerprint density at radius 3 is 2.11 bits per heavy atom. The number of aliphatic imine (C=N–C) groups is 1. The molecule has 0 amide bonds. The van der Waals surface area contributed by atoms with Crippen molar-refractivity contribution in [3.05, 3.63) is 0 Å². The number of hydrogen-bond donors (Lipinski definition) is 3. The van der Waals surface area contributed by atoms with Gasteiger partial charge in [-0.2, -0.15) is 0 Å². The molecule has 0 atom stereocenters. The van der Waals surface area contributed by atoms with Crippen LogP contribution in [0, 0.1) is 0 Å². The molecule has 5 heteroatoms. The van der Waals surface area contributed by atoms with E-state index in [1.54, 1.807) is 14.2 Å². The lowest BCUT2D eigenvalue weighted by molar-refractivity contribution is 0.0268. The van der Waals surface area contributed by atoms with Gasteiger partial charge in [0.15, 0.2) is 5.96 Å². The Hall–Kier alpha value is -0.810. The molecule has 108 valence electrons. The first-order chi connectivity index (χ1) is 8.20. The lowest BCUT2D eigenvalue weighted by Gasteiger charge is -2.25. The van der Waals surface area contributed by atoms with Gasteiger partial charge in [-0.25, -0.2) is 0 Å². The number of nitrogens with zero attached hydrogens (tertiary/aromatic N) is 1. The van der Waals surface area contributed by atoms with Crippen LogP contribution in [0.4, 0.5) is 0 Å². The first kappa shape index (κ1) is 17.2. The average molecular weight is 258 g/mol. The second kappa shape index (κ2) is 7.59. The molecule has 0 aromatic heterocycles. The summed E-state index contributed by atoms with van der Waals surface area (Å²) >= 11 is 0.